The molecule has 0 radical (unpaired) electrons. The summed E-state index contributed by atoms with van der Waals surface area (Å²) in [4.78, 5) is 47.9. The number of methoxy groups -OCH3 is 2. The molecule has 0 atom stereocenters. The molecule has 0 aliphatic heterocycles. The summed E-state index contributed by atoms with van der Waals surface area (Å²) in [6, 6.07) is 13.3. The van der Waals surface area contributed by atoms with Crippen LogP contribution in [-0.2, 0) is 19.1 Å². The highest BCUT2D eigenvalue weighted by atomic mass is 16.6. The fourth-order valence-corrected chi connectivity index (χ4v) is 5.38. The van der Waals surface area contributed by atoms with Gasteiger partial charge in [0, 0.05) is 12.8 Å². The summed E-state index contributed by atoms with van der Waals surface area (Å²) >= 11 is 0. The Hall–Kier alpha value is -3.68. The van der Waals surface area contributed by atoms with Crippen molar-refractivity contribution in [3.63, 3.8) is 0 Å². The molecule has 2 rings (SSSR count). The molecule has 0 aliphatic carbocycles. The van der Waals surface area contributed by atoms with E-state index in [9.17, 15) is 19.2 Å². The molecule has 0 amide bonds. The topological polar surface area (TPSA) is 105 Å². The van der Waals surface area contributed by atoms with Crippen molar-refractivity contribution in [1.29, 1.82) is 0 Å². The van der Waals surface area contributed by atoms with Crippen molar-refractivity contribution >= 4 is 23.9 Å². The molecule has 8 heteroatoms. The molecule has 0 heterocycles. The molecule has 0 N–H and O–H groups in total. The zero-order valence-electron chi connectivity index (χ0n) is 28.0. The molecule has 0 unspecified atom stereocenters. The molecule has 254 valence electrons. The van der Waals surface area contributed by atoms with Crippen molar-refractivity contribution in [2.75, 3.05) is 14.2 Å². The van der Waals surface area contributed by atoms with E-state index in [0.29, 0.717) is 12.8 Å². The van der Waals surface area contributed by atoms with E-state index in [-0.39, 0.29) is 34.6 Å². The Morgan fingerprint density at radius 1 is 0.413 bits per heavy atom. The summed E-state index contributed by atoms with van der Waals surface area (Å²) in [6.45, 7) is 0. The van der Waals surface area contributed by atoms with Crippen LogP contribution in [-0.4, -0.2) is 38.1 Å². The van der Waals surface area contributed by atoms with Crippen molar-refractivity contribution in [1.82, 2.24) is 0 Å². The van der Waals surface area contributed by atoms with E-state index in [1.54, 1.807) is 48.5 Å². The quantitative estimate of drug-likeness (QED) is 0.0601. The first kappa shape index (κ1) is 38.5. The van der Waals surface area contributed by atoms with Crippen LogP contribution in [0, 0.1) is 0 Å². The molecular formula is C38H54O8. The highest BCUT2D eigenvalue weighted by Gasteiger charge is 2.16. The predicted octanol–water partition coefficient (Wildman–Crippen LogP) is 9.57. The van der Waals surface area contributed by atoms with Crippen molar-refractivity contribution in [3.8, 4) is 11.5 Å². The number of hydrogen-bond donors (Lipinski definition) is 0. The van der Waals surface area contributed by atoms with Crippen molar-refractivity contribution < 1.29 is 38.1 Å². The van der Waals surface area contributed by atoms with E-state index in [1.165, 1.54) is 91.3 Å². The van der Waals surface area contributed by atoms with Crippen LogP contribution in [0.4, 0.5) is 0 Å². The second kappa shape index (κ2) is 24.5. The van der Waals surface area contributed by atoms with Crippen molar-refractivity contribution in [3.05, 3.63) is 59.7 Å². The monoisotopic (exact) mass is 638 g/mol. The minimum atomic E-state index is -0.512. The molecule has 0 aromatic heterocycles. The van der Waals surface area contributed by atoms with E-state index >= 15 is 0 Å². The average Bonchev–Trinajstić information content (AvgIpc) is 3.07. The predicted molar refractivity (Wildman–Crippen MR) is 179 cm³/mol. The third-order valence-corrected chi connectivity index (χ3v) is 8.04. The summed E-state index contributed by atoms with van der Waals surface area (Å²) in [5, 5.41) is 0. The van der Waals surface area contributed by atoms with Gasteiger partial charge in [0.05, 0.1) is 14.2 Å². The van der Waals surface area contributed by atoms with Crippen LogP contribution in [0.15, 0.2) is 48.5 Å². The molecule has 0 fully saturated rings. The van der Waals surface area contributed by atoms with Gasteiger partial charge in [0.2, 0.25) is 0 Å². The molecule has 0 saturated heterocycles. The van der Waals surface area contributed by atoms with Gasteiger partial charge in [-0.1, -0.05) is 127 Å². The zero-order chi connectivity index (χ0) is 33.2. The Morgan fingerprint density at radius 2 is 0.674 bits per heavy atom. The number of carbonyl (C=O) groups excluding carboxylic acids is 4. The first-order chi connectivity index (χ1) is 22.5. The molecular weight excluding hydrogens is 584 g/mol. The van der Waals surface area contributed by atoms with Gasteiger partial charge in [-0.15, -0.1) is 0 Å². The second-order valence-corrected chi connectivity index (χ2v) is 11.8. The van der Waals surface area contributed by atoms with Crippen molar-refractivity contribution in [2.45, 2.75) is 128 Å². The summed E-state index contributed by atoms with van der Waals surface area (Å²) in [7, 11) is 2.61. The average molecular weight is 639 g/mol. The lowest BCUT2D eigenvalue weighted by Gasteiger charge is -2.08. The van der Waals surface area contributed by atoms with Gasteiger partial charge in [0.25, 0.3) is 0 Å². The van der Waals surface area contributed by atoms with Crippen LogP contribution in [0.5, 0.6) is 11.5 Å². The number of benzene rings is 2. The van der Waals surface area contributed by atoms with E-state index < -0.39 is 11.9 Å². The van der Waals surface area contributed by atoms with Crippen molar-refractivity contribution in [2.24, 2.45) is 0 Å². The standard InChI is InChI=1S/C38H54O8/c1-43-37(41)31-25-21-23-27-33(31)45-35(39)29-19-17-15-13-11-9-7-5-3-4-6-8-10-12-14-16-18-20-30-36(40)46-34-28-24-22-26-32(34)38(42)44-2/h21-28H,3-20,29-30H2,1-2H3. The number of carbonyl (C=O) groups is 4. The highest BCUT2D eigenvalue weighted by molar-refractivity contribution is 5.94. The van der Waals surface area contributed by atoms with Crippen LogP contribution < -0.4 is 9.47 Å². The van der Waals surface area contributed by atoms with Gasteiger partial charge < -0.3 is 18.9 Å². The Morgan fingerprint density at radius 3 is 0.957 bits per heavy atom. The lowest BCUT2D eigenvalue weighted by Crippen LogP contribution is -2.11. The molecule has 0 aliphatic rings. The third kappa shape index (κ3) is 16.6. The maximum absolute atomic E-state index is 12.2. The zero-order valence-corrected chi connectivity index (χ0v) is 28.0. The summed E-state index contributed by atoms with van der Waals surface area (Å²) in [5.74, 6) is -1.14. The molecule has 2 aromatic rings. The van der Waals surface area contributed by atoms with Gasteiger partial charge in [0.15, 0.2) is 0 Å². The van der Waals surface area contributed by atoms with Gasteiger partial charge >= 0.3 is 23.9 Å². The summed E-state index contributed by atoms with van der Waals surface area (Å²) in [5.41, 5.74) is 0.528. The first-order valence-electron chi connectivity index (χ1n) is 17.2. The van der Waals surface area contributed by atoms with Gasteiger partial charge in [-0.3, -0.25) is 9.59 Å². The van der Waals surface area contributed by atoms with Gasteiger partial charge in [-0.05, 0) is 37.1 Å². The lowest BCUT2D eigenvalue weighted by molar-refractivity contribution is -0.135. The van der Waals surface area contributed by atoms with E-state index in [4.69, 9.17) is 18.9 Å². The maximum Gasteiger partial charge on any atom is 0.341 e. The Balaban J connectivity index is 1.32. The van der Waals surface area contributed by atoms with E-state index in [1.807, 2.05) is 0 Å². The normalized spacial score (nSPS) is 10.7. The van der Waals surface area contributed by atoms with Crippen LogP contribution in [0.25, 0.3) is 0 Å². The molecule has 8 nitrogen and oxygen atoms in total. The van der Waals surface area contributed by atoms with Gasteiger partial charge in [0.1, 0.15) is 22.6 Å². The van der Waals surface area contributed by atoms with Crippen LogP contribution in [0.1, 0.15) is 149 Å². The van der Waals surface area contributed by atoms with Crippen LogP contribution in [0.3, 0.4) is 0 Å². The number of unbranched alkanes of at least 4 members (excludes halogenated alkanes) is 17. The van der Waals surface area contributed by atoms with Gasteiger partial charge in [-0.2, -0.15) is 0 Å². The Kier molecular flexibility index (Phi) is 20.5. The minimum Gasteiger partial charge on any atom is -0.465 e. The van der Waals surface area contributed by atoms with Crippen LogP contribution in [0.2, 0.25) is 0 Å². The first-order valence-corrected chi connectivity index (χ1v) is 17.2. The third-order valence-electron chi connectivity index (χ3n) is 8.04. The molecule has 46 heavy (non-hydrogen) atoms. The van der Waals surface area contributed by atoms with Crippen LogP contribution >= 0.6 is 0 Å². The number of hydrogen-bond acceptors (Lipinski definition) is 8. The summed E-state index contributed by atoms with van der Waals surface area (Å²) in [6.07, 6.45) is 21.9. The number of esters is 4. The molecule has 0 bridgehead atoms. The number of ether oxygens (including phenoxy) is 4. The highest BCUT2D eigenvalue weighted by Crippen LogP contribution is 2.21. The SMILES string of the molecule is COC(=O)c1ccccc1OC(=O)CCCCCCCCCCCCCCCCCCCCC(=O)Oc1ccccc1C(=O)OC. The molecule has 0 spiro atoms. The second-order valence-electron chi connectivity index (χ2n) is 11.8. The summed E-state index contributed by atoms with van der Waals surface area (Å²) < 4.78 is 20.2. The lowest BCUT2D eigenvalue weighted by atomic mass is 10.0. The smallest absolute Gasteiger partial charge is 0.341 e. The minimum absolute atomic E-state index is 0.254. The largest absolute Gasteiger partial charge is 0.465 e. The fourth-order valence-electron chi connectivity index (χ4n) is 5.38. The van der Waals surface area contributed by atoms with Gasteiger partial charge in [-0.25, -0.2) is 9.59 Å². The number of rotatable bonds is 25. The molecule has 2 aromatic carbocycles. The Labute approximate surface area is 275 Å². The van der Waals surface area contributed by atoms with E-state index in [0.717, 1.165) is 38.5 Å². The van der Waals surface area contributed by atoms with E-state index in [2.05, 4.69) is 0 Å². The fraction of sp³-hybridized carbons (Fsp3) is 0.579. The maximum atomic E-state index is 12.2. The molecule has 0 saturated carbocycles. The Bertz CT molecular complexity index is 1080. The number of para-hydroxylation sites is 2.